The Morgan fingerprint density at radius 2 is 1.80 bits per heavy atom. The van der Waals surface area contributed by atoms with Crippen LogP contribution in [0.25, 0.3) is 0 Å². The lowest BCUT2D eigenvalue weighted by molar-refractivity contribution is 0.0984. The molecule has 0 aromatic heterocycles. The molecule has 0 spiro atoms. The van der Waals surface area contributed by atoms with Crippen molar-refractivity contribution in [2.45, 2.75) is 30.5 Å². The quantitative estimate of drug-likeness (QED) is 0.663. The molecule has 1 N–H and O–H groups in total. The van der Waals surface area contributed by atoms with Gasteiger partial charge in [0.05, 0.1) is 10.2 Å². The second-order valence-electron chi connectivity index (χ2n) is 3.08. The maximum absolute atomic E-state index is 9.60. The summed E-state index contributed by atoms with van der Waals surface area (Å²) in [5, 5.41) is 9.60. The number of thioether (sulfide) groups is 2. The molecule has 10 heavy (non-hydrogen) atoms. The molecule has 0 aliphatic carbocycles. The van der Waals surface area contributed by atoms with E-state index in [1.54, 1.807) is 0 Å². The van der Waals surface area contributed by atoms with E-state index in [0.29, 0.717) is 4.58 Å². The van der Waals surface area contributed by atoms with Gasteiger partial charge in [0.25, 0.3) is 0 Å². The van der Waals surface area contributed by atoms with E-state index in [0.717, 1.165) is 0 Å². The SMILES string of the molecule is CC(C)(O)C1SCCCS1. The van der Waals surface area contributed by atoms with Crippen LogP contribution in [-0.2, 0) is 0 Å². The van der Waals surface area contributed by atoms with Crippen molar-refractivity contribution < 1.29 is 5.11 Å². The van der Waals surface area contributed by atoms with Gasteiger partial charge in [-0.05, 0) is 31.8 Å². The molecule has 3 heteroatoms. The Morgan fingerprint density at radius 1 is 1.30 bits per heavy atom. The highest BCUT2D eigenvalue weighted by Gasteiger charge is 2.29. The van der Waals surface area contributed by atoms with Gasteiger partial charge >= 0.3 is 0 Å². The summed E-state index contributed by atoms with van der Waals surface area (Å²) in [4.78, 5) is 0. The van der Waals surface area contributed by atoms with Gasteiger partial charge < -0.3 is 5.11 Å². The molecule has 0 radical (unpaired) electrons. The maximum atomic E-state index is 9.60. The van der Waals surface area contributed by atoms with Crippen LogP contribution in [0.1, 0.15) is 20.3 Å². The molecule has 0 amide bonds. The monoisotopic (exact) mass is 178 g/mol. The van der Waals surface area contributed by atoms with Crippen LogP contribution in [0.4, 0.5) is 0 Å². The van der Waals surface area contributed by atoms with Gasteiger partial charge in [0.1, 0.15) is 0 Å². The second kappa shape index (κ2) is 3.37. The first-order valence-corrected chi connectivity index (χ1v) is 5.66. The average molecular weight is 178 g/mol. The van der Waals surface area contributed by atoms with Crippen molar-refractivity contribution in [2.75, 3.05) is 11.5 Å². The molecule has 1 heterocycles. The maximum Gasteiger partial charge on any atom is 0.0800 e. The fourth-order valence-corrected chi connectivity index (χ4v) is 3.91. The van der Waals surface area contributed by atoms with E-state index in [4.69, 9.17) is 0 Å². The molecule has 1 rings (SSSR count). The van der Waals surface area contributed by atoms with Crippen LogP contribution in [0.3, 0.4) is 0 Å². The zero-order valence-corrected chi connectivity index (χ0v) is 8.10. The van der Waals surface area contributed by atoms with Crippen molar-refractivity contribution in [1.82, 2.24) is 0 Å². The first kappa shape index (κ1) is 8.75. The second-order valence-corrected chi connectivity index (χ2v) is 5.81. The number of rotatable bonds is 1. The van der Waals surface area contributed by atoms with Crippen LogP contribution < -0.4 is 0 Å². The van der Waals surface area contributed by atoms with Crippen molar-refractivity contribution in [3.05, 3.63) is 0 Å². The molecule has 60 valence electrons. The zero-order valence-electron chi connectivity index (χ0n) is 6.46. The van der Waals surface area contributed by atoms with Crippen LogP contribution >= 0.6 is 23.5 Å². The summed E-state index contributed by atoms with van der Waals surface area (Å²) in [6, 6.07) is 0. The highest BCUT2D eigenvalue weighted by atomic mass is 32.2. The molecule has 0 unspecified atom stereocenters. The Labute approximate surface area is 71.0 Å². The van der Waals surface area contributed by atoms with Crippen molar-refractivity contribution in [3.63, 3.8) is 0 Å². The van der Waals surface area contributed by atoms with Crippen molar-refractivity contribution in [2.24, 2.45) is 0 Å². The Balaban J connectivity index is 2.39. The molecule has 1 nitrogen and oxygen atoms in total. The third kappa shape index (κ3) is 2.36. The summed E-state index contributed by atoms with van der Waals surface area (Å²) in [5.41, 5.74) is -0.504. The van der Waals surface area contributed by atoms with Crippen molar-refractivity contribution >= 4 is 23.5 Å². The highest BCUT2D eigenvalue weighted by molar-refractivity contribution is 8.17. The molecule has 0 saturated carbocycles. The van der Waals surface area contributed by atoms with Crippen LogP contribution in [-0.4, -0.2) is 26.8 Å². The summed E-state index contributed by atoms with van der Waals surface area (Å²) >= 11 is 3.77. The van der Waals surface area contributed by atoms with Gasteiger partial charge in [0.2, 0.25) is 0 Å². The smallest absolute Gasteiger partial charge is 0.0800 e. The number of hydrogen-bond acceptors (Lipinski definition) is 3. The first-order chi connectivity index (χ1) is 4.61. The summed E-state index contributed by atoms with van der Waals surface area (Å²) in [7, 11) is 0. The predicted molar refractivity (Wildman–Crippen MR) is 49.6 cm³/mol. The van der Waals surface area contributed by atoms with E-state index in [1.807, 2.05) is 37.4 Å². The lowest BCUT2D eigenvalue weighted by atomic mass is 10.2. The molecule has 1 aliphatic rings. The summed E-state index contributed by atoms with van der Waals surface area (Å²) in [6.45, 7) is 3.78. The van der Waals surface area contributed by atoms with Gasteiger partial charge in [-0.2, -0.15) is 0 Å². The molecule has 0 aromatic rings. The molecule has 1 fully saturated rings. The Kier molecular flexibility index (Phi) is 2.95. The molecular formula is C7H14OS2. The first-order valence-electron chi connectivity index (χ1n) is 3.56. The standard InChI is InChI=1S/C7H14OS2/c1-7(2,8)6-9-4-3-5-10-6/h6,8H,3-5H2,1-2H3. The van der Waals surface area contributed by atoms with Crippen LogP contribution in [0.15, 0.2) is 0 Å². The Morgan fingerprint density at radius 3 is 2.10 bits per heavy atom. The minimum atomic E-state index is -0.504. The van der Waals surface area contributed by atoms with Gasteiger partial charge in [0, 0.05) is 0 Å². The normalized spacial score (nSPS) is 23.1. The van der Waals surface area contributed by atoms with E-state index in [1.165, 1.54) is 17.9 Å². The summed E-state index contributed by atoms with van der Waals surface area (Å²) in [6.07, 6.45) is 1.29. The molecule has 1 saturated heterocycles. The van der Waals surface area contributed by atoms with Gasteiger partial charge in [-0.25, -0.2) is 0 Å². The van der Waals surface area contributed by atoms with Gasteiger partial charge in [-0.3, -0.25) is 0 Å². The average Bonchev–Trinajstić information content (AvgIpc) is 1.88. The topological polar surface area (TPSA) is 20.2 Å². The van der Waals surface area contributed by atoms with Crippen LogP contribution in [0, 0.1) is 0 Å². The third-order valence-electron chi connectivity index (χ3n) is 1.40. The molecule has 1 aliphatic heterocycles. The zero-order chi connectivity index (χ0) is 7.61. The number of aliphatic hydroxyl groups is 1. The van der Waals surface area contributed by atoms with Crippen LogP contribution in [0.5, 0.6) is 0 Å². The van der Waals surface area contributed by atoms with E-state index < -0.39 is 5.60 Å². The lowest BCUT2D eigenvalue weighted by Gasteiger charge is -2.31. The predicted octanol–water partition coefficient (Wildman–Crippen LogP) is 1.95. The van der Waals surface area contributed by atoms with E-state index in [9.17, 15) is 5.11 Å². The third-order valence-corrected chi connectivity index (χ3v) is 5.03. The Bertz CT molecular complexity index is 103. The fraction of sp³-hybridized carbons (Fsp3) is 1.00. The molecular weight excluding hydrogens is 164 g/mol. The van der Waals surface area contributed by atoms with Gasteiger partial charge in [-0.1, -0.05) is 0 Å². The molecule has 0 bridgehead atoms. The van der Waals surface area contributed by atoms with Crippen molar-refractivity contribution in [3.8, 4) is 0 Å². The molecule has 0 aromatic carbocycles. The van der Waals surface area contributed by atoms with Gasteiger partial charge in [-0.15, -0.1) is 23.5 Å². The summed E-state index contributed by atoms with van der Waals surface area (Å²) in [5.74, 6) is 2.42. The van der Waals surface area contributed by atoms with Crippen LogP contribution in [0.2, 0.25) is 0 Å². The largest absolute Gasteiger partial charge is 0.388 e. The van der Waals surface area contributed by atoms with E-state index in [2.05, 4.69) is 0 Å². The van der Waals surface area contributed by atoms with Gasteiger partial charge in [0.15, 0.2) is 0 Å². The Hall–Kier alpha value is 0.660. The number of hydrogen-bond donors (Lipinski definition) is 1. The molecule has 0 atom stereocenters. The minimum Gasteiger partial charge on any atom is -0.388 e. The minimum absolute atomic E-state index is 0.390. The fourth-order valence-electron chi connectivity index (χ4n) is 0.896. The summed E-state index contributed by atoms with van der Waals surface area (Å²) < 4.78 is 0.390. The van der Waals surface area contributed by atoms with E-state index in [-0.39, 0.29) is 0 Å². The lowest BCUT2D eigenvalue weighted by Crippen LogP contribution is -2.33. The van der Waals surface area contributed by atoms with E-state index >= 15 is 0 Å². The van der Waals surface area contributed by atoms with Crippen molar-refractivity contribution in [1.29, 1.82) is 0 Å². The highest BCUT2D eigenvalue weighted by Crippen LogP contribution is 2.37.